The van der Waals surface area contributed by atoms with E-state index in [-0.39, 0.29) is 11.8 Å². The minimum absolute atomic E-state index is 0.0531. The van der Waals surface area contributed by atoms with E-state index in [1.807, 2.05) is 6.92 Å². The van der Waals surface area contributed by atoms with Gasteiger partial charge in [-0.3, -0.25) is 9.59 Å². The molecule has 0 unspecified atom stereocenters. The Morgan fingerprint density at radius 1 is 1.00 bits per heavy atom. The van der Waals surface area contributed by atoms with Gasteiger partial charge >= 0.3 is 0 Å². The Morgan fingerprint density at radius 2 is 1.65 bits per heavy atom. The quantitative estimate of drug-likeness (QED) is 0.753. The lowest BCUT2D eigenvalue weighted by atomic mass is 10.1. The van der Waals surface area contributed by atoms with Crippen LogP contribution in [0.25, 0.3) is 0 Å². The Bertz CT molecular complexity index is 791. The van der Waals surface area contributed by atoms with Crippen LogP contribution < -0.4 is 20.1 Å². The SMILES string of the molecule is CCCC(=O)Nc1ccc(C(=O)Nc2cc(OC)c(Cl)cc2OC)cc1. The molecule has 138 valence electrons. The number of halogens is 1. The maximum Gasteiger partial charge on any atom is 0.255 e. The Labute approximate surface area is 157 Å². The van der Waals surface area contributed by atoms with E-state index in [0.29, 0.717) is 39.9 Å². The third-order valence-electron chi connectivity index (χ3n) is 3.63. The van der Waals surface area contributed by atoms with Crippen molar-refractivity contribution in [2.24, 2.45) is 0 Å². The molecule has 0 aliphatic rings. The van der Waals surface area contributed by atoms with Gasteiger partial charge in [0.05, 0.1) is 24.9 Å². The van der Waals surface area contributed by atoms with Gasteiger partial charge in [-0.2, -0.15) is 0 Å². The zero-order chi connectivity index (χ0) is 19.1. The highest BCUT2D eigenvalue weighted by atomic mass is 35.5. The molecule has 0 saturated heterocycles. The summed E-state index contributed by atoms with van der Waals surface area (Å²) in [6, 6.07) is 9.80. The first-order chi connectivity index (χ1) is 12.5. The van der Waals surface area contributed by atoms with Crippen LogP contribution in [0.5, 0.6) is 11.5 Å². The molecule has 0 aliphatic heterocycles. The summed E-state index contributed by atoms with van der Waals surface area (Å²) in [7, 11) is 2.98. The van der Waals surface area contributed by atoms with Crippen molar-refractivity contribution in [2.45, 2.75) is 19.8 Å². The van der Waals surface area contributed by atoms with Crippen molar-refractivity contribution in [3.8, 4) is 11.5 Å². The zero-order valence-electron chi connectivity index (χ0n) is 14.9. The second-order valence-corrected chi connectivity index (χ2v) is 5.92. The van der Waals surface area contributed by atoms with Gasteiger partial charge in [-0.1, -0.05) is 18.5 Å². The first-order valence-electron chi connectivity index (χ1n) is 8.11. The number of hydrogen-bond acceptors (Lipinski definition) is 4. The van der Waals surface area contributed by atoms with Crippen LogP contribution in [-0.2, 0) is 4.79 Å². The first-order valence-corrected chi connectivity index (χ1v) is 8.49. The fourth-order valence-corrected chi connectivity index (χ4v) is 2.54. The average Bonchev–Trinajstić information content (AvgIpc) is 2.63. The van der Waals surface area contributed by atoms with Gasteiger partial charge in [0.1, 0.15) is 11.5 Å². The molecule has 0 fully saturated rings. The van der Waals surface area contributed by atoms with Crippen LogP contribution in [0.1, 0.15) is 30.1 Å². The van der Waals surface area contributed by atoms with Crippen LogP contribution in [-0.4, -0.2) is 26.0 Å². The number of benzene rings is 2. The van der Waals surface area contributed by atoms with E-state index >= 15 is 0 Å². The third kappa shape index (κ3) is 4.89. The van der Waals surface area contributed by atoms with Gasteiger partial charge in [-0.15, -0.1) is 0 Å². The van der Waals surface area contributed by atoms with Crippen molar-refractivity contribution in [3.63, 3.8) is 0 Å². The Kier molecular flexibility index (Phi) is 6.86. The number of nitrogens with one attached hydrogen (secondary N) is 2. The zero-order valence-corrected chi connectivity index (χ0v) is 15.6. The fraction of sp³-hybridized carbons (Fsp3) is 0.263. The molecule has 0 radical (unpaired) electrons. The van der Waals surface area contributed by atoms with Crippen LogP contribution in [0.4, 0.5) is 11.4 Å². The van der Waals surface area contributed by atoms with E-state index in [2.05, 4.69) is 10.6 Å². The summed E-state index contributed by atoms with van der Waals surface area (Å²) in [6.45, 7) is 1.94. The Balaban J connectivity index is 2.14. The van der Waals surface area contributed by atoms with Crippen molar-refractivity contribution in [3.05, 3.63) is 47.0 Å². The number of anilines is 2. The van der Waals surface area contributed by atoms with Gasteiger partial charge < -0.3 is 20.1 Å². The average molecular weight is 377 g/mol. The molecule has 6 nitrogen and oxygen atoms in total. The number of carbonyl (C=O) groups is 2. The summed E-state index contributed by atoms with van der Waals surface area (Å²) in [6.07, 6.45) is 1.24. The highest BCUT2D eigenvalue weighted by Gasteiger charge is 2.14. The van der Waals surface area contributed by atoms with Crippen molar-refractivity contribution >= 4 is 34.8 Å². The van der Waals surface area contributed by atoms with Gasteiger partial charge in [0, 0.05) is 29.8 Å². The highest BCUT2D eigenvalue weighted by Crippen LogP contribution is 2.36. The van der Waals surface area contributed by atoms with Crippen LogP contribution in [0.3, 0.4) is 0 Å². The maximum absolute atomic E-state index is 12.5. The molecule has 0 aliphatic carbocycles. The molecule has 2 aromatic rings. The molecule has 7 heteroatoms. The number of amides is 2. The predicted octanol–water partition coefficient (Wildman–Crippen LogP) is 4.35. The standard InChI is InChI=1S/C19H21ClN2O4/c1-4-5-18(23)21-13-8-6-12(7-9-13)19(24)22-15-11-16(25-2)14(20)10-17(15)26-3/h6-11H,4-5H2,1-3H3,(H,21,23)(H,22,24). The molecule has 2 amide bonds. The second kappa shape index (κ2) is 9.10. The van der Waals surface area contributed by atoms with Crippen LogP contribution in [0, 0.1) is 0 Å². The summed E-state index contributed by atoms with van der Waals surface area (Å²) in [4.78, 5) is 24.1. The second-order valence-electron chi connectivity index (χ2n) is 5.52. The summed E-state index contributed by atoms with van der Waals surface area (Å²) >= 11 is 6.06. The van der Waals surface area contributed by atoms with Gasteiger partial charge in [0.15, 0.2) is 0 Å². The van der Waals surface area contributed by atoms with Crippen molar-refractivity contribution in [2.75, 3.05) is 24.9 Å². The minimum Gasteiger partial charge on any atom is -0.495 e. The molecule has 0 spiro atoms. The van der Waals surface area contributed by atoms with Gasteiger partial charge in [-0.25, -0.2) is 0 Å². The largest absolute Gasteiger partial charge is 0.495 e. The molecule has 2 N–H and O–H groups in total. The molecular formula is C19H21ClN2O4. The lowest BCUT2D eigenvalue weighted by molar-refractivity contribution is -0.116. The molecule has 0 heterocycles. The first kappa shape index (κ1) is 19.6. The summed E-state index contributed by atoms with van der Waals surface area (Å²) < 4.78 is 10.4. The Morgan fingerprint density at radius 3 is 2.23 bits per heavy atom. The molecular weight excluding hydrogens is 356 g/mol. The molecule has 0 bridgehead atoms. The van der Waals surface area contributed by atoms with Gasteiger partial charge in [0.2, 0.25) is 5.91 Å². The smallest absolute Gasteiger partial charge is 0.255 e. The van der Waals surface area contributed by atoms with E-state index < -0.39 is 0 Å². The topological polar surface area (TPSA) is 76.7 Å². The fourth-order valence-electron chi connectivity index (χ4n) is 2.31. The minimum atomic E-state index is -0.320. The lowest BCUT2D eigenvalue weighted by Gasteiger charge is -2.13. The summed E-state index contributed by atoms with van der Waals surface area (Å²) in [5, 5.41) is 5.93. The van der Waals surface area contributed by atoms with Crippen molar-refractivity contribution < 1.29 is 19.1 Å². The number of carbonyl (C=O) groups excluding carboxylic acids is 2. The normalized spacial score (nSPS) is 10.2. The van der Waals surface area contributed by atoms with Crippen molar-refractivity contribution in [1.29, 1.82) is 0 Å². The van der Waals surface area contributed by atoms with Crippen molar-refractivity contribution in [1.82, 2.24) is 0 Å². The predicted molar refractivity (Wildman–Crippen MR) is 102 cm³/mol. The third-order valence-corrected chi connectivity index (χ3v) is 3.93. The van der Waals surface area contributed by atoms with E-state index in [4.69, 9.17) is 21.1 Å². The van der Waals surface area contributed by atoms with Gasteiger partial charge in [-0.05, 0) is 30.7 Å². The van der Waals surface area contributed by atoms with Crippen LogP contribution in [0.2, 0.25) is 5.02 Å². The summed E-state index contributed by atoms with van der Waals surface area (Å²) in [5.74, 6) is 0.478. The number of rotatable bonds is 7. The van der Waals surface area contributed by atoms with E-state index in [1.165, 1.54) is 14.2 Å². The molecule has 0 aromatic heterocycles. The summed E-state index contributed by atoms with van der Waals surface area (Å²) in [5.41, 5.74) is 1.53. The molecule has 2 rings (SSSR count). The van der Waals surface area contributed by atoms with Gasteiger partial charge in [0.25, 0.3) is 5.91 Å². The number of ether oxygens (including phenoxy) is 2. The molecule has 0 atom stereocenters. The maximum atomic E-state index is 12.5. The van der Waals surface area contributed by atoms with E-state index in [9.17, 15) is 9.59 Å². The Hall–Kier alpha value is -2.73. The highest BCUT2D eigenvalue weighted by molar-refractivity contribution is 6.32. The van der Waals surface area contributed by atoms with Crippen LogP contribution in [0.15, 0.2) is 36.4 Å². The lowest BCUT2D eigenvalue weighted by Crippen LogP contribution is -2.14. The van der Waals surface area contributed by atoms with E-state index in [0.717, 1.165) is 6.42 Å². The number of hydrogen-bond donors (Lipinski definition) is 2. The molecule has 2 aromatic carbocycles. The molecule has 26 heavy (non-hydrogen) atoms. The van der Waals surface area contributed by atoms with Crippen LogP contribution >= 0.6 is 11.6 Å². The molecule has 0 saturated carbocycles. The number of methoxy groups -OCH3 is 2. The van der Waals surface area contributed by atoms with E-state index in [1.54, 1.807) is 36.4 Å². The monoisotopic (exact) mass is 376 g/mol.